The van der Waals surface area contributed by atoms with Crippen LogP contribution in [0, 0.1) is 11.3 Å². The standard InChI is InChI=1S/C25H24ClN5O3S/c1-15-10-11-31(15)25-28-20-5-3-4-18(20)24(29-25)17-7-9-22(34-2)23(13-17)35(32,33)30-21-8-6-16(14-27)12-19(21)26/h6-9,12-13,15,19H,3-5,10-11H2,1-2H3/t15-,19?/m0/s1. The van der Waals surface area contributed by atoms with Gasteiger partial charge >= 0.3 is 0 Å². The first-order valence-electron chi connectivity index (χ1n) is 11.4. The van der Waals surface area contributed by atoms with Crippen molar-refractivity contribution in [3.63, 3.8) is 0 Å². The van der Waals surface area contributed by atoms with Crippen molar-refractivity contribution in [1.82, 2.24) is 9.97 Å². The molecular weight excluding hydrogens is 486 g/mol. The van der Waals surface area contributed by atoms with Gasteiger partial charge in [-0.25, -0.2) is 9.97 Å². The maximum atomic E-state index is 13.4. The third-order valence-corrected chi connectivity index (χ3v) is 8.29. The van der Waals surface area contributed by atoms with Gasteiger partial charge in [0.1, 0.15) is 10.6 Å². The molecular formula is C25H24ClN5O3S. The van der Waals surface area contributed by atoms with Gasteiger partial charge in [-0.2, -0.15) is 18.1 Å². The number of aromatic nitrogens is 2. The summed E-state index contributed by atoms with van der Waals surface area (Å²) in [7, 11) is -2.76. The lowest BCUT2D eigenvalue weighted by Crippen LogP contribution is -2.46. The van der Waals surface area contributed by atoms with Crippen LogP contribution in [0.4, 0.5) is 5.95 Å². The number of ether oxygens (including phenoxy) is 1. The highest BCUT2D eigenvalue weighted by Crippen LogP contribution is 2.37. The molecule has 0 radical (unpaired) electrons. The lowest BCUT2D eigenvalue weighted by Gasteiger charge is -2.39. The zero-order chi connectivity index (χ0) is 24.7. The van der Waals surface area contributed by atoms with Crippen molar-refractivity contribution in [2.45, 2.75) is 48.9 Å². The Morgan fingerprint density at radius 1 is 1.26 bits per heavy atom. The number of nitrogens with zero attached hydrogens (tertiary/aromatic N) is 5. The molecule has 1 aliphatic heterocycles. The van der Waals surface area contributed by atoms with Gasteiger partial charge in [-0.3, -0.25) is 0 Å². The summed E-state index contributed by atoms with van der Waals surface area (Å²) in [5.41, 5.74) is 4.01. The Kier molecular flexibility index (Phi) is 6.11. The molecule has 3 aliphatic rings. The quantitative estimate of drug-likeness (QED) is 0.560. The predicted octanol–water partition coefficient (Wildman–Crippen LogP) is 4.00. The van der Waals surface area contributed by atoms with Crippen LogP contribution in [-0.2, 0) is 22.9 Å². The number of halogens is 1. The minimum atomic E-state index is -4.17. The average Bonchev–Trinajstić information content (AvgIpc) is 3.32. The van der Waals surface area contributed by atoms with Crippen molar-refractivity contribution in [1.29, 1.82) is 5.26 Å². The number of aryl methyl sites for hydroxylation is 1. The first kappa shape index (κ1) is 23.5. The second-order valence-corrected chi connectivity index (χ2v) is 10.9. The molecule has 1 fully saturated rings. The van der Waals surface area contributed by atoms with E-state index in [0.29, 0.717) is 23.1 Å². The first-order chi connectivity index (χ1) is 16.8. The third-order valence-electron chi connectivity index (χ3n) is 6.61. The van der Waals surface area contributed by atoms with Gasteiger partial charge in [0.25, 0.3) is 10.0 Å². The normalized spacial score (nSPS) is 22.4. The average molecular weight is 510 g/mol. The van der Waals surface area contributed by atoms with Gasteiger partial charge in [-0.15, -0.1) is 11.6 Å². The van der Waals surface area contributed by atoms with Crippen LogP contribution in [-0.4, -0.2) is 49.2 Å². The number of rotatable bonds is 5. The topological polar surface area (TPSA) is 109 Å². The minimum Gasteiger partial charge on any atom is -0.495 e. The molecule has 35 heavy (non-hydrogen) atoms. The number of alkyl halides is 1. The first-order valence-corrected chi connectivity index (χ1v) is 13.3. The molecule has 2 aromatic rings. The Balaban J connectivity index is 1.59. The molecule has 0 N–H and O–H groups in total. The monoisotopic (exact) mass is 509 g/mol. The zero-order valence-electron chi connectivity index (χ0n) is 19.4. The fourth-order valence-electron chi connectivity index (χ4n) is 4.53. The van der Waals surface area contributed by atoms with E-state index in [1.807, 2.05) is 12.1 Å². The van der Waals surface area contributed by atoms with Gasteiger partial charge in [0.05, 0.1) is 30.0 Å². The van der Waals surface area contributed by atoms with Gasteiger partial charge in [-0.1, -0.05) is 0 Å². The SMILES string of the molecule is COc1ccc(-c2nc(N3CC[C@@H]3C)nc3c2CCC3)cc1S(=O)(=O)N=C1C=CC(C#N)=CC1Cl. The number of allylic oxidation sites excluding steroid dienone is 4. The van der Waals surface area contributed by atoms with E-state index in [1.165, 1.54) is 25.3 Å². The zero-order valence-corrected chi connectivity index (χ0v) is 21.0. The highest BCUT2D eigenvalue weighted by Gasteiger charge is 2.30. The maximum absolute atomic E-state index is 13.4. The van der Waals surface area contributed by atoms with Gasteiger partial charge < -0.3 is 9.64 Å². The van der Waals surface area contributed by atoms with E-state index in [9.17, 15) is 8.42 Å². The lowest BCUT2D eigenvalue weighted by molar-refractivity contribution is 0.403. The molecule has 2 atom stereocenters. The number of hydrogen-bond acceptors (Lipinski definition) is 7. The fraction of sp³-hybridized carbons (Fsp3) is 0.360. The molecule has 8 nitrogen and oxygen atoms in total. The smallest absolute Gasteiger partial charge is 0.286 e. The molecule has 10 heteroatoms. The summed E-state index contributed by atoms with van der Waals surface area (Å²) >= 11 is 6.27. The van der Waals surface area contributed by atoms with Crippen LogP contribution in [0.3, 0.4) is 0 Å². The van der Waals surface area contributed by atoms with Crippen molar-refractivity contribution in [3.05, 3.63) is 53.3 Å². The molecule has 0 amide bonds. The minimum absolute atomic E-state index is 0.0680. The Labute approximate surface area is 209 Å². The summed E-state index contributed by atoms with van der Waals surface area (Å²) in [6.07, 6.45) is 8.23. The van der Waals surface area contributed by atoms with E-state index in [0.717, 1.165) is 49.2 Å². The second-order valence-electron chi connectivity index (χ2n) is 8.81. The molecule has 1 aromatic carbocycles. The molecule has 0 bridgehead atoms. The van der Waals surface area contributed by atoms with E-state index in [1.54, 1.807) is 12.1 Å². The van der Waals surface area contributed by atoms with Gasteiger partial charge in [-0.05, 0) is 69.0 Å². The van der Waals surface area contributed by atoms with Crippen LogP contribution < -0.4 is 9.64 Å². The molecule has 1 aromatic heterocycles. The Bertz CT molecular complexity index is 1440. The van der Waals surface area contributed by atoms with Crippen LogP contribution in [0.1, 0.15) is 31.0 Å². The summed E-state index contributed by atoms with van der Waals surface area (Å²) in [6, 6.07) is 7.38. The molecule has 1 saturated heterocycles. The van der Waals surface area contributed by atoms with Crippen molar-refractivity contribution in [3.8, 4) is 23.1 Å². The third kappa shape index (κ3) is 4.32. The number of hydrogen-bond donors (Lipinski definition) is 0. The number of sulfonamides is 1. The largest absolute Gasteiger partial charge is 0.495 e. The molecule has 180 valence electrons. The predicted molar refractivity (Wildman–Crippen MR) is 135 cm³/mol. The van der Waals surface area contributed by atoms with E-state index in [-0.39, 0.29) is 16.4 Å². The van der Waals surface area contributed by atoms with Crippen LogP contribution in [0.25, 0.3) is 11.3 Å². The van der Waals surface area contributed by atoms with E-state index >= 15 is 0 Å². The fourth-order valence-corrected chi connectivity index (χ4v) is 6.08. The van der Waals surface area contributed by atoms with Crippen molar-refractivity contribution in [2.24, 2.45) is 4.40 Å². The Morgan fingerprint density at radius 3 is 2.74 bits per heavy atom. The summed E-state index contributed by atoms with van der Waals surface area (Å²) < 4.78 is 36.1. The van der Waals surface area contributed by atoms with E-state index < -0.39 is 15.4 Å². The van der Waals surface area contributed by atoms with E-state index in [4.69, 9.17) is 31.6 Å². The highest BCUT2D eigenvalue weighted by molar-refractivity contribution is 7.90. The number of nitriles is 1. The number of fused-ring (bicyclic) bond motifs is 1. The van der Waals surface area contributed by atoms with Gasteiger partial charge in [0, 0.05) is 35.0 Å². The van der Waals surface area contributed by atoms with Crippen molar-refractivity contribution < 1.29 is 13.2 Å². The van der Waals surface area contributed by atoms with Gasteiger partial charge in [0.2, 0.25) is 5.95 Å². The van der Waals surface area contributed by atoms with Crippen molar-refractivity contribution >= 4 is 33.3 Å². The lowest BCUT2D eigenvalue weighted by atomic mass is 10.0. The molecule has 1 unspecified atom stereocenters. The van der Waals surface area contributed by atoms with Crippen molar-refractivity contribution in [2.75, 3.05) is 18.6 Å². The number of benzene rings is 1. The molecule has 0 saturated carbocycles. The summed E-state index contributed by atoms with van der Waals surface area (Å²) in [5, 5.41) is 8.22. The number of anilines is 1. The molecule has 0 spiro atoms. The molecule has 2 heterocycles. The molecule has 2 aliphatic carbocycles. The Hall–Kier alpha value is -3.22. The summed E-state index contributed by atoms with van der Waals surface area (Å²) in [5.74, 6) is 0.872. The number of methoxy groups -OCH3 is 1. The Morgan fingerprint density at radius 2 is 2.09 bits per heavy atom. The van der Waals surface area contributed by atoms with Crippen LogP contribution >= 0.6 is 11.6 Å². The van der Waals surface area contributed by atoms with Crippen LogP contribution in [0.5, 0.6) is 5.75 Å². The second kappa shape index (κ2) is 9.10. The summed E-state index contributed by atoms with van der Waals surface area (Å²) in [6.45, 7) is 3.06. The summed E-state index contributed by atoms with van der Waals surface area (Å²) in [4.78, 5) is 11.8. The van der Waals surface area contributed by atoms with Gasteiger partial charge in [0.15, 0.2) is 0 Å². The van der Waals surface area contributed by atoms with Crippen LogP contribution in [0.15, 0.2) is 51.3 Å². The van der Waals surface area contributed by atoms with E-state index in [2.05, 4.69) is 16.2 Å². The van der Waals surface area contributed by atoms with Crippen LogP contribution in [0.2, 0.25) is 0 Å². The maximum Gasteiger partial charge on any atom is 0.286 e. The molecule has 5 rings (SSSR count). The highest BCUT2D eigenvalue weighted by atomic mass is 35.5.